The van der Waals surface area contributed by atoms with Gasteiger partial charge in [-0.3, -0.25) is 9.59 Å². The third-order valence-corrected chi connectivity index (χ3v) is 5.23. The summed E-state index contributed by atoms with van der Waals surface area (Å²) in [7, 11) is 0. The summed E-state index contributed by atoms with van der Waals surface area (Å²) in [6, 6.07) is 20.1. The van der Waals surface area contributed by atoms with Gasteiger partial charge in [0, 0.05) is 36.6 Å². The molecule has 0 spiro atoms. The van der Waals surface area contributed by atoms with Crippen LogP contribution in [0.1, 0.15) is 39.3 Å². The van der Waals surface area contributed by atoms with Crippen LogP contribution in [0, 0.1) is 0 Å². The van der Waals surface area contributed by atoms with Crippen LogP contribution in [0.5, 0.6) is 5.88 Å². The summed E-state index contributed by atoms with van der Waals surface area (Å²) in [4.78, 5) is 31.3. The summed E-state index contributed by atoms with van der Waals surface area (Å²) >= 11 is 0. The molecule has 7 nitrogen and oxygen atoms in total. The smallest absolute Gasteiger partial charge is 0.257 e. The van der Waals surface area contributed by atoms with Crippen molar-refractivity contribution in [2.45, 2.75) is 13.0 Å². The predicted octanol–water partition coefficient (Wildman–Crippen LogP) is 3.95. The van der Waals surface area contributed by atoms with E-state index >= 15 is 0 Å². The Bertz CT molecular complexity index is 1060. The molecule has 0 saturated carbocycles. The van der Waals surface area contributed by atoms with E-state index in [1.54, 1.807) is 41.3 Å². The first-order chi connectivity index (χ1) is 15.6. The molecule has 1 atom stereocenters. The minimum absolute atomic E-state index is 0.0693. The average Bonchev–Trinajstić information content (AvgIpc) is 2.85. The van der Waals surface area contributed by atoms with Crippen molar-refractivity contribution in [3.05, 3.63) is 89.6 Å². The Balaban J connectivity index is 1.38. The molecular weight excluding hydrogens is 406 g/mol. The lowest BCUT2D eigenvalue weighted by molar-refractivity contribution is 0.0303. The van der Waals surface area contributed by atoms with Crippen LogP contribution < -0.4 is 10.1 Å². The summed E-state index contributed by atoms with van der Waals surface area (Å²) in [6.07, 6.45) is 1.32. The van der Waals surface area contributed by atoms with Crippen LogP contribution in [-0.2, 0) is 4.74 Å². The average molecular weight is 431 g/mol. The van der Waals surface area contributed by atoms with Crippen molar-refractivity contribution in [3.8, 4) is 5.88 Å². The fraction of sp³-hybridized carbons (Fsp3) is 0.240. The summed E-state index contributed by atoms with van der Waals surface area (Å²) in [6.45, 7) is 4.16. The van der Waals surface area contributed by atoms with E-state index in [1.807, 2.05) is 37.3 Å². The van der Waals surface area contributed by atoms with Crippen LogP contribution in [0.3, 0.4) is 0 Å². The van der Waals surface area contributed by atoms with Gasteiger partial charge in [0.1, 0.15) is 6.10 Å². The van der Waals surface area contributed by atoms with Crippen molar-refractivity contribution < 1.29 is 19.1 Å². The molecule has 4 rings (SSSR count). The second-order valence-electron chi connectivity index (χ2n) is 7.50. The molecule has 1 aliphatic heterocycles. The van der Waals surface area contributed by atoms with Gasteiger partial charge in [-0.2, -0.15) is 0 Å². The number of aromatic nitrogens is 1. The molecule has 3 aromatic rings. The molecule has 1 saturated heterocycles. The Labute approximate surface area is 187 Å². The molecule has 164 valence electrons. The van der Waals surface area contributed by atoms with Gasteiger partial charge in [0.15, 0.2) is 0 Å². The van der Waals surface area contributed by atoms with Gasteiger partial charge in [0.2, 0.25) is 5.88 Å². The molecule has 0 bridgehead atoms. The van der Waals surface area contributed by atoms with Gasteiger partial charge >= 0.3 is 0 Å². The number of carbonyl (C=O) groups excluding carboxylic acids is 2. The lowest BCUT2D eigenvalue weighted by Crippen LogP contribution is -2.40. The van der Waals surface area contributed by atoms with Crippen molar-refractivity contribution in [2.24, 2.45) is 0 Å². The number of nitrogens with one attached hydrogen (secondary N) is 1. The van der Waals surface area contributed by atoms with E-state index in [0.29, 0.717) is 49.0 Å². The number of anilines is 1. The maximum absolute atomic E-state index is 12.7. The number of ether oxygens (including phenoxy) is 2. The number of amides is 2. The van der Waals surface area contributed by atoms with E-state index in [-0.39, 0.29) is 17.9 Å². The maximum atomic E-state index is 12.7. The van der Waals surface area contributed by atoms with Crippen molar-refractivity contribution in [2.75, 3.05) is 31.6 Å². The number of rotatable bonds is 6. The Kier molecular flexibility index (Phi) is 6.77. The molecule has 32 heavy (non-hydrogen) atoms. The molecule has 7 heteroatoms. The van der Waals surface area contributed by atoms with Crippen molar-refractivity contribution in [1.82, 2.24) is 9.88 Å². The minimum atomic E-state index is -0.309. The zero-order valence-corrected chi connectivity index (χ0v) is 17.9. The quantitative estimate of drug-likeness (QED) is 0.639. The van der Waals surface area contributed by atoms with Gasteiger partial charge in [0.05, 0.1) is 18.8 Å². The first-order valence-electron chi connectivity index (χ1n) is 10.6. The van der Waals surface area contributed by atoms with Crippen LogP contribution in [-0.4, -0.2) is 48.0 Å². The third-order valence-electron chi connectivity index (χ3n) is 5.23. The van der Waals surface area contributed by atoms with Crippen molar-refractivity contribution in [3.63, 3.8) is 0 Å². The van der Waals surface area contributed by atoms with Gasteiger partial charge in [-0.05, 0) is 36.8 Å². The highest BCUT2D eigenvalue weighted by Gasteiger charge is 2.19. The lowest BCUT2D eigenvalue weighted by atomic mass is 10.1. The maximum Gasteiger partial charge on any atom is 0.257 e. The monoisotopic (exact) mass is 431 g/mol. The van der Waals surface area contributed by atoms with Crippen LogP contribution in [0.2, 0.25) is 0 Å². The second-order valence-corrected chi connectivity index (χ2v) is 7.50. The molecule has 0 radical (unpaired) electrons. The van der Waals surface area contributed by atoms with E-state index in [1.165, 1.54) is 6.20 Å². The van der Waals surface area contributed by atoms with Crippen molar-refractivity contribution >= 4 is 17.5 Å². The molecule has 2 aromatic carbocycles. The fourth-order valence-electron chi connectivity index (χ4n) is 3.44. The molecule has 0 aliphatic carbocycles. The number of pyridine rings is 1. The van der Waals surface area contributed by atoms with Gasteiger partial charge in [0.25, 0.3) is 11.8 Å². The van der Waals surface area contributed by atoms with Crippen LogP contribution in [0.15, 0.2) is 72.9 Å². The standard InChI is InChI=1S/C25H25N3O4/c1-18(19-6-3-2-4-7-19)32-23-11-10-21(17-26-23)24(29)27-22-9-5-8-20(16-22)25(30)28-12-14-31-15-13-28/h2-11,16-18H,12-15H2,1H3,(H,27,29). The third kappa shape index (κ3) is 5.31. The first-order valence-corrected chi connectivity index (χ1v) is 10.6. The molecule has 1 fully saturated rings. The number of nitrogens with zero attached hydrogens (tertiary/aromatic N) is 2. The number of hydrogen-bond acceptors (Lipinski definition) is 5. The highest BCUT2D eigenvalue weighted by molar-refractivity contribution is 6.05. The number of benzene rings is 2. The van der Waals surface area contributed by atoms with E-state index in [4.69, 9.17) is 9.47 Å². The zero-order chi connectivity index (χ0) is 22.3. The summed E-state index contributed by atoms with van der Waals surface area (Å²) in [5.41, 5.74) is 2.52. The SMILES string of the molecule is CC(Oc1ccc(C(=O)Nc2cccc(C(=O)N3CCOCC3)c2)cn1)c1ccccc1. The molecule has 2 heterocycles. The zero-order valence-electron chi connectivity index (χ0n) is 17.9. The van der Waals surface area contributed by atoms with Gasteiger partial charge in [-0.15, -0.1) is 0 Å². The topological polar surface area (TPSA) is 80.8 Å². The molecule has 2 amide bonds. The minimum Gasteiger partial charge on any atom is -0.470 e. The molecule has 1 aliphatic rings. The summed E-state index contributed by atoms with van der Waals surface area (Å²) in [5.74, 6) is 0.0623. The highest BCUT2D eigenvalue weighted by atomic mass is 16.5. The predicted molar refractivity (Wildman–Crippen MR) is 121 cm³/mol. The van der Waals surface area contributed by atoms with Crippen molar-refractivity contribution in [1.29, 1.82) is 0 Å². The normalized spacial score (nSPS) is 14.5. The van der Waals surface area contributed by atoms with Gasteiger partial charge < -0.3 is 19.7 Å². The fourth-order valence-corrected chi connectivity index (χ4v) is 3.44. The Morgan fingerprint density at radius 1 is 1.00 bits per heavy atom. The number of morpholine rings is 1. The van der Waals surface area contributed by atoms with Crippen LogP contribution in [0.4, 0.5) is 5.69 Å². The van der Waals surface area contributed by atoms with Gasteiger partial charge in [-0.25, -0.2) is 4.98 Å². The number of hydrogen-bond donors (Lipinski definition) is 1. The Morgan fingerprint density at radius 3 is 2.50 bits per heavy atom. The molecule has 1 aromatic heterocycles. The summed E-state index contributed by atoms with van der Waals surface area (Å²) < 4.78 is 11.2. The summed E-state index contributed by atoms with van der Waals surface area (Å²) in [5, 5.41) is 2.83. The molecule has 1 unspecified atom stereocenters. The van der Waals surface area contributed by atoms with E-state index in [9.17, 15) is 9.59 Å². The van der Waals surface area contributed by atoms with Crippen LogP contribution in [0.25, 0.3) is 0 Å². The van der Waals surface area contributed by atoms with Crippen LogP contribution >= 0.6 is 0 Å². The molecule has 1 N–H and O–H groups in total. The Hall–Kier alpha value is -3.71. The lowest BCUT2D eigenvalue weighted by Gasteiger charge is -2.27. The Morgan fingerprint density at radius 2 is 1.78 bits per heavy atom. The largest absolute Gasteiger partial charge is 0.470 e. The van der Waals surface area contributed by atoms with E-state index in [2.05, 4.69) is 10.3 Å². The second kappa shape index (κ2) is 10.1. The van der Waals surface area contributed by atoms with E-state index in [0.717, 1.165) is 5.56 Å². The van der Waals surface area contributed by atoms with E-state index < -0.39 is 0 Å². The first kappa shape index (κ1) is 21.5. The highest BCUT2D eigenvalue weighted by Crippen LogP contribution is 2.20. The molecular formula is C25H25N3O4. The van der Waals surface area contributed by atoms with Gasteiger partial charge in [-0.1, -0.05) is 36.4 Å². The number of carbonyl (C=O) groups is 2.